The molecular formula is C10H20IN5. The highest BCUT2D eigenvalue weighted by Gasteiger charge is 1.95. The Labute approximate surface area is 114 Å². The summed E-state index contributed by atoms with van der Waals surface area (Å²) in [5.41, 5.74) is 0. The molecule has 5 nitrogen and oxygen atoms in total. The maximum atomic E-state index is 4.11. The minimum atomic E-state index is 0. The number of halogens is 1. The van der Waals surface area contributed by atoms with Crippen LogP contribution in [0.25, 0.3) is 0 Å². The number of aliphatic imine (C=N–C) groups is 1. The monoisotopic (exact) mass is 337 g/mol. The fourth-order valence-corrected chi connectivity index (χ4v) is 1.19. The second kappa shape index (κ2) is 9.44. The predicted molar refractivity (Wildman–Crippen MR) is 77.3 cm³/mol. The SMILES string of the molecule is CCCNC(=NC)NCCn1ccnc1.I. The van der Waals surface area contributed by atoms with Crippen molar-refractivity contribution in [2.24, 2.45) is 4.99 Å². The van der Waals surface area contributed by atoms with Gasteiger partial charge in [0.25, 0.3) is 0 Å². The zero-order valence-electron chi connectivity index (χ0n) is 9.81. The van der Waals surface area contributed by atoms with E-state index < -0.39 is 0 Å². The van der Waals surface area contributed by atoms with Gasteiger partial charge in [-0.05, 0) is 6.42 Å². The first-order valence-corrected chi connectivity index (χ1v) is 5.27. The molecule has 0 aliphatic rings. The Morgan fingerprint density at radius 3 is 2.69 bits per heavy atom. The van der Waals surface area contributed by atoms with Gasteiger partial charge in [-0.25, -0.2) is 4.98 Å². The number of rotatable bonds is 5. The van der Waals surface area contributed by atoms with Gasteiger partial charge in [0.15, 0.2) is 5.96 Å². The molecule has 0 saturated carbocycles. The van der Waals surface area contributed by atoms with E-state index in [1.54, 1.807) is 13.2 Å². The smallest absolute Gasteiger partial charge is 0.191 e. The molecule has 0 radical (unpaired) electrons. The molecule has 0 amide bonds. The van der Waals surface area contributed by atoms with Gasteiger partial charge in [0, 0.05) is 39.1 Å². The second-order valence-electron chi connectivity index (χ2n) is 3.23. The molecule has 16 heavy (non-hydrogen) atoms. The normalized spacial score (nSPS) is 10.8. The molecule has 0 atom stereocenters. The Balaban J connectivity index is 0.00000225. The number of hydrogen-bond acceptors (Lipinski definition) is 2. The third kappa shape index (κ3) is 5.94. The van der Waals surface area contributed by atoms with Gasteiger partial charge in [-0.3, -0.25) is 4.99 Å². The van der Waals surface area contributed by atoms with Crippen LogP contribution >= 0.6 is 24.0 Å². The fraction of sp³-hybridized carbons (Fsp3) is 0.600. The summed E-state index contributed by atoms with van der Waals surface area (Å²) in [6.45, 7) is 4.82. The number of nitrogens with zero attached hydrogens (tertiary/aromatic N) is 3. The Bertz CT molecular complexity index is 283. The summed E-state index contributed by atoms with van der Waals surface area (Å²) in [5.74, 6) is 0.858. The lowest BCUT2D eigenvalue weighted by atomic mass is 10.5. The molecule has 0 spiro atoms. The molecule has 0 aliphatic heterocycles. The van der Waals surface area contributed by atoms with Crippen molar-refractivity contribution < 1.29 is 0 Å². The van der Waals surface area contributed by atoms with Crippen LogP contribution in [0.5, 0.6) is 0 Å². The van der Waals surface area contributed by atoms with Crippen molar-refractivity contribution in [3.05, 3.63) is 18.7 Å². The minimum Gasteiger partial charge on any atom is -0.356 e. The van der Waals surface area contributed by atoms with Crippen molar-refractivity contribution in [1.29, 1.82) is 0 Å². The molecule has 0 bridgehead atoms. The van der Waals surface area contributed by atoms with Crippen LogP contribution in [0.2, 0.25) is 0 Å². The van der Waals surface area contributed by atoms with Gasteiger partial charge in [0.05, 0.1) is 6.33 Å². The van der Waals surface area contributed by atoms with E-state index in [0.29, 0.717) is 0 Å². The van der Waals surface area contributed by atoms with E-state index in [2.05, 4.69) is 27.5 Å². The number of guanidine groups is 1. The van der Waals surface area contributed by atoms with Gasteiger partial charge < -0.3 is 15.2 Å². The summed E-state index contributed by atoms with van der Waals surface area (Å²) < 4.78 is 2.03. The number of nitrogens with one attached hydrogen (secondary N) is 2. The van der Waals surface area contributed by atoms with Crippen LogP contribution in [0, 0.1) is 0 Å². The predicted octanol–water partition coefficient (Wildman–Crippen LogP) is 1.08. The molecule has 0 fully saturated rings. The average Bonchev–Trinajstić information content (AvgIpc) is 2.76. The first kappa shape index (κ1) is 15.2. The molecule has 1 rings (SSSR count). The van der Waals surface area contributed by atoms with Crippen LogP contribution in [-0.4, -0.2) is 35.6 Å². The first-order chi connectivity index (χ1) is 7.36. The summed E-state index contributed by atoms with van der Waals surface area (Å²) in [5, 5.41) is 6.45. The van der Waals surface area contributed by atoms with Crippen molar-refractivity contribution in [1.82, 2.24) is 20.2 Å². The lowest BCUT2D eigenvalue weighted by Gasteiger charge is -2.10. The highest BCUT2D eigenvalue weighted by Crippen LogP contribution is 1.83. The summed E-state index contributed by atoms with van der Waals surface area (Å²) in [7, 11) is 1.78. The number of aromatic nitrogens is 2. The molecule has 92 valence electrons. The molecule has 1 aromatic rings. The van der Waals surface area contributed by atoms with Crippen LogP contribution in [0.1, 0.15) is 13.3 Å². The number of hydrogen-bond donors (Lipinski definition) is 2. The highest BCUT2D eigenvalue weighted by atomic mass is 127. The molecular weight excluding hydrogens is 317 g/mol. The van der Waals surface area contributed by atoms with Crippen molar-refractivity contribution in [3.63, 3.8) is 0 Å². The third-order valence-electron chi connectivity index (χ3n) is 1.99. The molecule has 0 unspecified atom stereocenters. The van der Waals surface area contributed by atoms with Crippen LogP contribution in [-0.2, 0) is 6.54 Å². The van der Waals surface area contributed by atoms with Crippen LogP contribution in [0.15, 0.2) is 23.7 Å². The van der Waals surface area contributed by atoms with Gasteiger partial charge >= 0.3 is 0 Å². The van der Waals surface area contributed by atoms with Gasteiger partial charge in [0.1, 0.15) is 0 Å². The third-order valence-corrected chi connectivity index (χ3v) is 1.99. The van der Waals surface area contributed by atoms with Crippen LogP contribution in [0.3, 0.4) is 0 Å². The molecule has 0 saturated heterocycles. The van der Waals surface area contributed by atoms with E-state index in [1.165, 1.54) is 0 Å². The van der Waals surface area contributed by atoms with Crippen molar-refractivity contribution in [3.8, 4) is 0 Å². The lowest BCUT2D eigenvalue weighted by molar-refractivity contribution is 0.660. The van der Waals surface area contributed by atoms with Gasteiger partial charge in [0.2, 0.25) is 0 Å². The molecule has 0 aromatic carbocycles. The lowest BCUT2D eigenvalue weighted by Crippen LogP contribution is -2.39. The second-order valence-corrected chi connectivity index (χ2v) is 3.23. The van der Waals surface area contributed by atoms with E-state index >= 15 is 0 Å². The van der Waals surface area contributed by atoms with Crippen molar-refractivity contribution in [2.45, 2.75) is 19.9 Å². The van der Waals surface area contributed by atoms with Crippen LogP contribution in [0.4, 0.5) is 0 Å². The largest absolute Gasteiger partial charge is 0.356 e. The summed E-state index contributed by atoms with van der Waals surface area (Å²) in [4.78, 5) is 8.09. The van der Waals surface area contributed by atoms with Crippen molar-refractivity contribution >= 4 is 29.9 Å². The first-order valence-electron chi connectivity index (χ1n) is 5.27. The standard InChI is InChI=1S/C10H19N5.HI/c1-3-4-13-10(11-2)14-6-8-15-7-5-12-9-15;/h5,7,9H,3-4,6,8H2,1-2H3,(H2,11,13,14);1H. The van der Waals surface area contributed by atoms with Gasteiger partial charge in [-0.1, -0.05) is 6.92 Å². The van der Waals surface area contributed by atoms with E-state index in [-0.39, 0.29) is 24.0 Å². The maximum absolute atomic E-state index is 4.11. The summed E-state index contributed by atoms with van der Waals surface area (Å²) in [6.07, 6.45) is 6.64. The van der Waals surface area contributed by atoms with E-state index in [0.717, 1.165) is 32.0 Å². The van der Waals surface area contributed by atoms with Crippen molar-refractivity contribution in [2.75, 3.05) is 20.1 Å². The maximum Gasteiger partial charge on any atom is 0.191 e. The van der Waals surface area contributed by atoms with E-state index in [4.69, 9.17) is 0 Å². The highest BCUT2D eigenvalue weighted by molar-refractivity contribution is 14.0. The molecule has 1 aromatic heterocycles. The Morgan fingerprint density at radius 2 is 2.12 bits per heavy atom. The fourth-order valence-electron chi connectivity index (χ4n) is 1.19. The van der Waals surface area contributed by atoms with E-state index in [1.807, 2.05) is 17.1 Å². The minimum absolute atomic E-state index is 0. The number of imidazole rings is 1. The zero-order valence-corrected chi connectivity index (χ0v) is 12.1. The molecule has 0 aliphatic carbocycles. The quantitative estimate of drug-likeness (QED) is 0.480. The molecule has 6 heteroatoms. The van der Waals surface area contributed by atoms with Crippen LogP contribution < -0.4 is 10.6 Å². The summed E-state index contributed by atoms with van der Waals surface area (Å²) >= 11 is 0. The Hall–Kier alpha value is -0.790. The zero-order chi connectivity index (χ0) is 10.9. The summed E-state index contributed by atoms with van der Waals surface area (Å²) in [6, 6.07) is 0. The average molecular weight is 337 g/mol. The van der Waals surface area contributed by atoms with E-state index in [9.17, 15) is 0 Å². The molecule has 1 heterocycles. The molecule has 2 N–H and O–H groups in total. The Kier molecular flexibility index (Phi) is 8.97. The van der Waals surface area contributed by atoms with Gasteiger partial charge in [-0.15, -0.1) is 24.0 Å². The van der Waals surface area contributed by atoms with Gasteiger partial charge in [-0.2, -0.15) is 0 Å². The Morgan fingerprint density at radius 1 is 1.38 bits per heavy atom. The topological polar surface area (TPSA) is 54.2 Å².